The Morgan fingerprint density at radius 1 is 0.857 bits per heavy atom. The molecule has 0 heterocycles. The van der Waals surface area contributed by atoms with Crippen molar-refractivity contribution in [2.75, 3.05) is 6.54 Å². The number of hydrogen-bond acceptors (Lipinski definition) is 7. The van der Waals surface area contributed by atoms with E-state index in [1.54, 1.807) is 13.8 Å². The minimum absolute atomic E-state index is 0.0479. The molecule has 0 fully saturated rings. The molecule has 3 amide bonds. The Labute approximate surface area is 204 Å². The molecule has 0 aromatic heterocycles. The van der Waals surface area contributed by atoms with Crippen LogP contribution >= 0.6 is 0 Å². The minimum atomic E-state index is -1.56. The molecule has 4 atom stereocenters. The van der Waals surface area contributed by atoms with E-state index < -0.39 is 66.2 Å². The second-order valence-electron chi connectivity index (χ2n) is 8.97. The number of carboxylic acids is 2. The standard InChI is InChI=1S/C21H39N7O7/c1-10(2)8-13(26-17(31)12(22)6-5-7-25-21(23)24)18(32)27-14(9-15(29)30)19(33)28-16(11(3)4)20(34)35/h10-14,16H,5-9,22H2,1-4H3,(H,26,31)(H,27,32)(H,28,33)(H,29,30)(H,34,35)(H4,23,24,25). The lowest BCUT2D eigenvalue weighted by Crippen LogP contribution is -2.58. The molecular weight excluding hydrogens is 462 g/mol. The molecule has 35 heavy (non-hydrogen) atoms. The molecule has 0 radical (unpaired) electrons. The third-order valence-electron chi connectivity index (χ3n) is 4.89. The fourth-order valence-electron chi connectivity index (χ4n) is 3.06. The van der Waals surface area contributed by atoms with Crippen LogP contribution in [0.2, 0.25) is 0 Å². The molecule has 0 bridgehead atoms. The maximum atomic E-state index is 12.9. The summed E-state index contributed by atoms with van der Waals surface area (Å²) in [6.45, 7) is 7.03. The van der Waals surface area contributed by atoms with Gasteiger partial charge in [0, 0.05) is 6.54 Å². The van der Waals surface area contributed by atoms with Crippen LogP contribution in [0.1, 0.15) is 53.4 Å². The van der Waals surface area contributed by atoms with Gasteiger partial charge in [-0.2, -0.15) is 0 Å². The number of hydrogen-bond donors (Lipinski definition) is 8. The Bertz CT molecular complexity index is 782. The Hall–Kier alpha value is -3.42. The van der Waals surface area contributed by atoms with Gasteiger partial charge >= 0.3 is 11.9 Å². The number of carbonyl (C=O) groups excluding carboxylic acids is 3. The third kappa shape index (κ3) is 13.2. The second-order valence-corrected chi connectivity index (χ2v) is 8.97. The highest BCUT2D eigenvalue weighted by Crippen LogP contribution is 2.08. The monoisotopic (exact) mass is 501 g/mol. The first kappa shape index (κ1) is 31.6. The van der Waals surface area contributed by atoms with Crippen LogP contribution in [0.25, 0.3) is 0 Å². The van der Waals surface area contributed by atoms with E-state index in [1.807, 2.05) is 13.8 Å². The van der Waals surface area contributed by atoms with Gasteiger partial charge in [-0.3, -0.25) is 24.2 Å². The maximum absolute atomic E-state index is 12.9. The zero-order valence-electron chi connectivity index (χ0n) is 20.6. The molecule has 0 aliphatic carbocycles. The second kappa shape index (κ2) is 15.5. The number of carboxylic acid groups (broad SMARTS) is 2. The van der Waals surface area contributed by atoms with Gasteiger partial charge in [0.1, 0.15) is 18.1 Å². The molecule has 0 saturated carbocycles. The van der Waals surface area contributed by atoms with Crippen LogP contribution in [0.5, 0.6) is 0 Å². The molecule has 0 spiro atoms. The minimum Gasteiger partial charge on any atom is -0.481 e. The van der Waals surface area contributed by atoms with Crippen molar-refractivity contribution >= 4 is 35.6 Å². The van der Waals surface area contributed by atoms with E-state index in [1.165, 1.54) is 0 Å². The molecule has 0 rings (SSSR count). The SMILES string of the molecule is CC(C)CC(NC(=O)C(N)CCCN=C(N)N)C(=O)NC(CC(=O)O)C(=O)NC(C(=O)O)C(C)C. The van der Waals surface area contributed by atoms with E-state index in [2.05, 4.69) is 20.9 Å². The van der Waals surface area contributed by atoms with Crippen molar-refractivity contribution in [3.05, 3.63) is 0 Å². The summed E-state index contributed by atoms with van der Waals surface area (Å²) < 4.78 is 0. The van der Waals surface area contributed by atoms with Gasteiger partial charge < -0.3 is 43.4 Å². The van der Waals surface area contributed by atoms with Crippen LogP contribution in [0.4, 0.5) is 0 Å². The van der Waals surface area contributed by atoms with Gasteiger partial charge in [0.05, 0.1) is 12.5 Å². The first-order valence-corrected chi connectivity index (χ1v) is 11.3. The lowest BCUT2D eigenvalue weighted by atomic mass is 10.0. The van der Waals surface area contributed by atoms with Crippen molar-refractivity contribution in [2.24, 2.45) is 34.0 Å². The molecule has 14 heteroatoms. The highest BCUT2D eigenvalue weighted by Gasteiger charge is 2.32. The van der Waals surface area contributed by atoms with Crippen molar-refractivity contribution < 1.29 is 34.2 Å². The summed E-state index contributed by atoms with van der Waals surface area (Å²) in [5.41, 5.74) is 16.4. The molecule has 0 aliphatic rings. The van der Waals surface area contributed by atoms with Gasteiger partial charge in [0.2, 0.25) is 17.7 Å². The summed E-state index contributed by atoms with van der Waals surface area (Å²) in [7, 11) is 0. The van der Waals surface area contributed by atoms with Crippen molar-refractivity contribution in [1.82, 2.24) is 16.0 Å². The van der Waals surface area contributed by atoms with Crippen LogP contribution in [0.15, 0.2) is 4.99 Å². The van der Waals surface area contributed by atoms with Crippen LogP contribution in [-0.2, 0) is 24.0 Å². The fraction of sp³-hybridized carbons (Fsp3) is 0.714. The number of carbonyl (C=O) groups is 5. The van der Waals surface area contributed by atoms with Crippen molar-refractivity contribution in [3.63, 3.8) is 0 Å². The lowest BCUT2D eigenvalue weighted by Gasteiger charge is -2.26. The molecule has 0 aromatic rings. The fourth-order valence-corrected chi connectivity index (χ4v) is 3.06. The normalized spacial score (nSPS) is 14.4. The number of aliphatic imine (C=N–C) groups is 1. The van der Waals surface area contributed by atoms with Crippen molar-refractivity contribution in [3.8, 4) is 0 Å². The Morgan fingerprint density at radius 3 is 1.86 bits per heavy atom. The molecule has 0 aliphatic heterocycles. The number of nitrogens with one attached hydrogen (secondary N) is 3. The van der Waals surface area contributed by atoms with E-state index in [0.717, 1.165) is 0 Å². The summed E-state index contributed by atoms with van der Waals surface area (Å²) >= 11 is 0. The van der Waals surface area contributed by atoms with E-state index in [9.17, 15) is 34.2 Å². The smallest absolute Gasteiger partial charge is 0.326 e. The van der Waals surface area contributed by atoms with E-state index in [4.69, 9.17) is 17.2 Å². The summed E-state index contributed by atoms with van der Waals surface area (Å²) in [5.74, 6) is -5.67. The summed E-state index contributed by atoms with van der Waals surface area (Å²) in [4.78, 5) is 64.5. The van der Waals surface area contributed by atoms with Gasteiger partial charge in [-0.1, -0.05) is 27.7 Å². The molecule has 4 unspecified atom stereocenters. The molecule has 11 N–H and O–H groups in total. The van der Waals surface area contributed by atoms with Crippen LogP contribution in [0, 0.1) is 11.8 Å². The summed E-state index contributed by atoms with van der Waals surface area (Å²) in [6, 6.07) is -4.89. The van der Waals surface area contributed by atoms with Crippen molar-refractivity contribution in [1.29, 1.82) is 0 Å². The zero-order chi connectivity index (χ0) is 27.3. The first-order chi connectivity index (χ1) is 16.1. The first-order valence-electron chi connectivity index (χ1n) is 11.3. The van der Waals surface area contributed by atoms with E-state index in [0.29, 0.717) is 6.42 Å². The average molecular weight is 502 g/mol. The average Bonchev–Trinajstić information content (AvgIpc) is 2.72. The zero-order valence-corrected chi connectivity index (χ0v) is 20.6. The molecular formula is C21H39N7O7. The van der Waals surface area contributed by atoms with Crippen LogP contribution < -0.4 is 33.2 Å². The summed E-state index contributed by atoms with van der Waals surface area (Å²) in [5, 5.41) is 25.6. The highest BCUT2D eigenvalue weighted by molar-refractivity contribution is 5.95. The Kier molecular flexibility index (Phi) is 14.0. The van der Waals surface area contributed by atoms with Gasteiger partial charge in [0.25, 0.3) is 0 Å². The third-order valence-corrected chi connectivity index (χ3v) is 4.89. The molecule has 0 aromatic carbocycles. The van der Waals surface area contributed by atoms with E-state index >= 15 is 0 Å². The van der Waals surface area contributed by atoms with Gasteiger partial charge in [-0.15, -0.1) is 0 Å². The summed E-state index contributed by atoms with van der Waals surface area (Å²) in [6.07, 6.45) is 0.0710. The Morgan fingerprint density at radius 2 is 1.40 bits per heavy atom. The number of rotatable bonds is 16. The van der Waals surface area contributed by atoms with Gasteiger partial charge in [-0.05, 0) is 31.1 Å². The quantitative estimate of drug-likeness (QED) is 0.0661. The lowest BCUT2D eigenvalue weighted by molar-refractivity contribution is -0.144. The number of nitrogens with zero attached hydrogens (tertiary/aromatic N) is 1. The largest absolute Gasteiger partial charge is 0.481 e. The van der Waals surface area contributed by atoms with Crippen LogP contribution in [-0.4, -0.2) is 76.5 Å². The van der Waals surface area contributed by atoms with Crippen LogP contribution in [0.3, 0.4) is 0 Å². The molecule has 0 saturated heterocycles. The molecule has 200 valence electrons. The number of guanidine groups is 1. The predicted octanol–water partition coefficient (Wildman–Crippen LogP) is -1.92. The van der Waals surface area contributed by atoms with E-state index in [-0.39, 0.29) is 31.3 Å². The number of nitrogens with two attached hydrogens (primary N) is 3. The van der Waals surface area contributed by atoms with Gasteiger partial charge in [-0.25, -0.2) is 4.79 Å². The predicted molar refractivity (Wildman–Crippen MR) is 128 cm³/mol. The van der Waals surface area contributed by atoms with Gasteiger partial charge in [0.15, 0.2) is 5.96 Å². The number of amides is 3. The number of aliphatic carboxylic acids is 2. The van der Waals surface area contributed by atoms with Crippen molar-refractivity contribution in [2.45, 2.75) is 77.5 Å². The highest BCUT2D eigenvalue weighted by atomic mass is 16.4. The molecule has 14 nitrogen and oxygen atoms in total. The topological polar surface area (TPSA) is 252 Å². The Balaban J connectivity index is 5.41. The maximum Gasteiger partial charge on any atom is 0.326 e.